The minimum Gasteiger partial charge on any atom is -0.399 e. The Morgan fingerprint density at radius 2 is 1.57 bits per heavy atom. The predicted octanol–water partition coefficient (Wildman–Crippen LogP) is 7.09. The number of hydrogen-bond donors (Lipinski definition) is 1. The molecular weight excluding hydrogens is 442 g/mol. The van der Waals surface area contributed by atoms with E-state index in [-0.39, 0.29) is 16.6 Å². The van der Waals surface area contributed by atoms with E-state index in [1.54, 1.807) is 30.3 Å². The fourth-order valence-corrected chi connectivity index (χ4v) is 3.98. The topological polar surface area (TPSA) is 55.0 Å². The number of benzene rings is 2. The summed E-state index contributed by atoms with van der Waals surface area (Å²) >= 11 is 0. The van der Waals surface area contributed by atoms with Gasteiger partial charge in [0.15, 0.2) is 5.82 Å². The molecule has 0 aliphatic rings. The SMILES string of the molecule is C=C(N)c1ccc(F)c(-c2ccc(N(CC(C)(C)c3ccc(F)cc3)C(=C)CC(C)(C)C)nn2)c1. The minimum atomic E-state index is -0.413. The van der Waals surface area contributed by atoms with Crippen molar-refractivity contribution < 1.29 is 8.78 Å². The Kier molecular flexibility index (Phi) is 7.44. The average Bonchev–Trinajstić information content (AvgIpc) is 2.77. The van der Waals surface area contributed by atoms with Gasteiger partial charge < -0.3 is 10.6 Å². The highest BCUT2D eigenvalue weighted by Crippen LogP contribution is 2.33. The van der Waals surface area contributed by atoms with E-state index in [2.05, 4.69) is 58.0 Å². The van der Waals surface area contributed by atoms with E-state index < -0.39 is 5.82 Å². The molecule has 0 aliphatic carbocycles. The lowest BCUT2D eigenvalue weighted by Crippen LogP contribution is -2.38. The van der Waals surface area contributed by atoms with E-state index in [4.69, 9.17) is 5.73 Å². The molecule has 4 nitrogen and oxygen atoms in total. The number of rotatable bonds is 8. The molecule has 0 atom stereocenters. The molecule has 6 heteroatoms. The zero-order valence-electron chi connectivity index (χ0n) is 21.2. The lowest BCUT2D eigenvalue weighted by molar-refractivity contribution is 0.399. The fraction of sp³-hybridized carbons (Fsp3) is 0.310. The predicted molar refractivity (Wildman–Crippen MR) is 141 cm³/mol. The molecule has 0 radical (unpaired) electrons. The smallest absolute Gasteiger partial charge is 0.155 e. The van der Waals surface area contributed by atoms with Crippen LogP contribution >= 0.6 is 0 Å². The van der Waals surface area contributed by atoms with Crippen molar-refractivity contribution in [2.24, 2.45) is 11.1 Å². The zero-order chi connectivity index (χ0) is 26.0. The van der Waals surface area contributed by atoms with Gasteiger partial charge in [-0.2, -0.15) is 0 Å². The number of halogens is 2. The van der Waals surface area contributed by atoms with Gasteiger partial charge in [0, 0.05) is 28.9 Å². The summed E-state index contributed by atoms with van der Waals surface area (Å²) in [5, 5.41) is 8.78. The third kappa shape index (κ3) is 6.53. The molecule has 1 aromatic heterocycles. The number of hydrogen-bond acceptors (Lipinski definition) is 4. The van der Waals surface area contributed by atoms with E-state index >= 15 is 0 Å². The molecule has 0 saturated carbocycles. The van der Waals surface area contributed by atoms with Crippen LogP contribution in [0, 0.1) is 17.0 Å². The van der Waals surface area contributed by atoms with Crippen LogP contribution in [0.2, 0.25) is 0 Å². The minimum absolute atomic E-state index is 0.0108. The third-order valence-corrected chi connectivity index (χ3v) is 5.84. The second-order valence-electron chi connectivity index (χ2n) is 10.8. The number of allylic oxidation sites excluding steroid dienone is 1. The van der Waals surface area contributed by atoms with Crippen LogP contribution in [0.15, 0.2) is 73.5 Å². The summed E-state index contributed by atoms with van der Waals surface area (Å²) in [6.45, 7) is 19.3. The summed E-state index contributed by atoms with van der Waals surface area (Å²) in [6, 6.07) is 14.7. The lowest BCUT2D eigenvalue weighted by Gasteiger charge is -2.36. The van der Waals surface area contributed by atoms with Crippen LogP contribution in [0.3, 0.4) is 0 Å². The van der Waals surface area contributed by atoms with Crippen molar-refractivity contribution in [3.63, 3.8) is 0 Å². The summed E-state index contributed by atoms with van der Waals surface area (Å²) in [4.78, 5) is 2.04. The second kappa shape index (κ2) is 9.98. The van der Waals surface area contributed by atoms with Gasteiger partial charge in [0.05, 0.1) is 5.69 Å². The van der Waals surface area contributed by atoms with Crippen molar-refractivity contribution in [2.45, 2.75) is 46.5 Å². The Bertz CT molecular complexity index is 1210. The highest BCUT2D eigenvalue weighted by atomic mass is 19.1. The Hall–Kier alpha value is -3.54. The highest BCUT2D eigenvalue weighted by molar-refractivity contribution is 5.69. The van der Waals surface area contributed by atoms with Gasteiger partial charge in [0.1, 0.15) is 11.6 Å². The molecule has 0 spiro atoms. The fourth-order valence-electron chi connectivity index (χ4n) is 3.98. The maximum Gasteiger partial charge on any atom is 0.155 e. The Balaban J connectivity index is 1.98. The number of nitrogens with zero attached hydrogens (tertiary/aromatic N) is 3. The van der Waals surface area contributed by atoms with Crippen molar-refractivity contribution in [3.8, 4) is 11.3 Å². The summed E-state index contributed by atoms with van der Waals surface area (Å²) in [6.07, 6.45) is 0.741. The Morgan fingerprint density at radius 1 is 0.914 bits per heavy atom. The van der Waals surface area contributed by atoms with Gasteiger partial charge in [-0.05, 0) is 65.4 Å². The molecule has 0 saturated heterocycles. The molecular formula is C29H34F2N4. The van der Waals surface area contributed by atoms with Crippen LogP contribution in [-0.4, -0.2) is 16.7 Å². The first-order valence-electron chi connectivity index (χ1n) is 11.6. The van der Waals surface area contributed by atoms with E-state index in [1.807, 2.05) is 11.0 Å². The summed E-state index contributed by atoms with van der Waals surface area (Å²) < 4.78 is 28.1. The summed E-state index contributed by atoms with van der Waals surface area (Å²) in [5.74, 6) is -0.0732. The third-order valence-electron chi connectivity index (χ3n) is 5.84. The molecule has 2 aromatic carbocycles. The zero-order valence-corrected chi connectivity index (χ0v) is 21.2. The van der Waals surface area contributed by atoms with Crippen LogP contribution in [0.25, 0.3) is 17.0 Å². The van der Waals surface area contributed by atoms with Crippen molar-refractivity contribution in [3.05, 3.63) is 96.2 Å². The lowest BCUT2D eigenvalue weighted by atomic mass is 9.83. The Labute approximate surface area is 207 Å². The molecule has 2 N–H and O–H groups in total. The molecule has 184 valence electrons. The molecule has 0 aliphatic heterocycles. The van der Waals surface area contributed by atoms with Gasteiger partial charge in [-0.25, -0.2) is 8.78 Å². The maximum atomic E-state index is 14.5. The molecule has 35 heavy (non-hydrogen) atoms. The van der Waals surface area contributed by atoms with Crippen molar-refractivity contribution in [1.29, 1.82) is 0 Å². The number of aromatic nitrogens is 2. The molecule has 0 unspecified atom stereocenters. The van der Waals surface area contributed by atoms with Crippen molar-refractivity contribution in [2.75, 3.05) is 11.4 Å². The molecule has 0 fully saturated rings. The first-order chi connectivity index (χ1) is 16.3. The quantitative estimate of drug-likeness (QED) is 0.377. The molecule has 3 aromatic rings. The molecule has 1 heterocycles. The van der Waals surface area contributed by atoms with Crippen molar-refractivity contribution in [1.82, 2.24) is 10.2 Å². The normalized spacial score (nSPS) is 11.9. The van der Waals surface area contributed by atoms with Crippen LogP contribution in [0.4, 0.5) is 14.6 Å². The largest absolute Gasteiger partial charge is 0.399 e. The van der Waals surface area contributed by atoms with Gasteiger partial charge in [-0.1, -0.05) is 59.9 Å². The Morgan fingerprint density at radius 3 is 2.11 bits per heavy atom. The second-order valence-corrected chi connectivity index (χ2v) is 10.8. The highest BCUT2D eigenvalue weighted by Gasteiger charge is 2.28. The first-order valence-corrected chi connectivity index (χ1v) is 11.6. The van der Waals surface area contributed by atoms with E-state index in [0.717, 1.165) is 17.7 Å². The van der Waals surface area contributed by atoms with Crippen molar-refractivity contribution >= 4 is 11.5 Å². The number of anilines is 1. The summed E-state index contributed by atoms with van der Waals surface area (Å²) in [7, 11) is 0. The monoisotopic (exact) mass is 476 g/mol. The van der Waals surface area contributed by atoms with E-state index in [0.29, 0.717) is 34.9 Å². The van der Waals surface area contributed by atoms with Gasteiger partial charge in [0.25, 0.3) is 0 Å². The summed E-state index contributed by atoms with van der Waals surface area (Å²) in [5.41, 5.74) is 9.03. The van der Waals surface area contributed by atoms with Crippen LogP contribution < -0.4 is 10.6 Å². The maximum absolute atomic E-state index is 14.5. The van der Waals surface area contributed by atoms with Crippen LogP contribution in [-0.2, 0) is 5.41 Å². The van der Waals surface area contributed by atoms with Gasteiger partial charge in [0.2, 0.25) is 0 Å². The van der Waals surface area contributed by atoms with Crippen LogP contribution in [0.1, 0.15) is 52.2 Å². The molecule has 3 rings (SSSR count). The van der Waals surface area contributed by atoms with Gasteiger partial charge in [-0.3, -0.25) is 0 Å². The van der Waals surface area contributed by atoms with Crippen LogP contribution in [0.5, 0.6) is 0 Å². The van der Waals surface area contributed by atoms with E-state index in [9.17, 15) is 8.78 Å². The average molecular weight is 477 g/mol. The first kappa shape index (κ1) is 26.1. The van der Waals surface area contributed by atoms with Gasteiger partial charge in [-0.15, -0.1) is 10.2 Å². The number of nitrogens with two attached hydrogens (primary N) is 1. The van der Waals surface area contributed by atoms with Gasteiger partial charge >= 0.3 is 0 Å². The van der Waals surface area contributed by atoms with E-state index in [1.165, 1.54) is 18.2 Å². The molecule has 0 amide bonds. The molecule has 0 bridgehead atoms. The standard InChI is InChI=1S/C29H34F2N4/c1-19(17-28(3,4)5)35(18-29(6,7)22-9-11-23(30)12-10-22)27-15-14-26(33-34-27)24-16-21(20(2)32)8-13-25(24)31/h8-16H,1-2,17-18,32H2,3-7H3.